The molecular weight excluding hydrogens is 466 g/mol. The highest BCUT2D eigenvalue weighted by atomic mass is 32.1. The molecule has 10 heteroatoms. The lowest BCUT2D eigenvalue weighted by Crippen LogP contribution is -2.49. The number of fused-ring (bicyclic) bond motifs is 1. The fourth-order valence-corrected chi connectivity index (χ4v) is 5.08. The van der Waals surface area contributed by atoms with Gasteiger partial charge in [-0.05, 0) is 36.4 Å². The molecule has 1 aliphatic rings. The third kappa shape index (κ3) is 4.89. The van der Waals surface area contributed by atoms with Crippen LogP contribution in [0.4, 0.5) is 0 Å². The van der Waals surface area contributed by atoms with Gasteiger partial charge in [0.1, 0.15) is 17.3 Å². The molecular formula is C25H25N5O4S. The van der Waals surface area contributed by atoms with Crippen LogP contribution in [0.3, 0.4) is 0 Å². The van der Waals surface area contributed by atoms with Crippen molar-refractivity contribution in [3.05, 3.63) is 80.4 Å². The molecule has 0 bridgehead atoms. The van der Waals surface area contributed by atoms with Gasteiger partial charge in [0.15, 0.2) is 0 Å². The van der Waals surface area contributed by atoms with Crippen molar-refractivity contribution in [2.45, 2.75) is 13.1 Å². The monoisotopic (exact) mass is 491 g/mol. The number of rotatable bonds is 6. The zero-order valence-corrected chi connectivity index (χ0v) is 20.1. The number of thiazole rings is 1. The molecule has 9 nitrogen and oxygen atoms in total. The van der Waals surface area contributed by atoms with Gasteiger partial charge in [0.2, 0.25) is 5.91 Å². The molecule has 180 valence electrons. The largest absolute Gasteiger partial charge is 0.497 e. The van der Waals surface area contributed by atoms with Crippen LogP contribution in [0.5, 0.6) is 5.75 Å². The smallest absolute Gasteiger partial charge is 0.329 e. The lowest BCUT2D eigenvalue weighted by atomic mass is 10.2. The molecule has 1 fully saturated rings. The minimum atomic E-state index is -0.572. The van der Waals surface area contributed by atoms with E-state index in [2.05, 4.69) is 15.3 Å². The number of aromatic amines is 1. The molecule has 0 radical (unpaired) electrons. The van der Waals surface area contributed by atoms with Gasteiger partial charge in [0.25, 0.3) is 5.56 Å². The molecule has 1 N–H and O–H groups in total. The van der Waals surface area contributed by atoms with Gasteiger partial charge in [-0.25, -0.2) is 9.78 Å². The predicted octanol–water partition coefficient (Wildman–Crippen LogP) is 2.17. The van der Waals surface area contributed by atoms with Crippen molar-refractivity contribution in [3.8, 4) is 16.3 Å². The van der Waals surface area contributed by atoms with E-state index in [0.717, 1.165) is 41.6 Å². The van der Waals surface area contributed by atoms with Crippen LogP contribution in [0, 0.1) is 0 Å². The molecule has 2 aromatic carbocycles. The summed E-state index contributed by atoms with van der Waals surface area (Å²) >= 11 is 1.61. The molecule has 0 atom stereocenters. The summed E-state index contributed by atoms with van der Waals surface area (Å²) in [4.78, 5) is 48.5. The van der Waals surface area contributed by atoms with E-state index in [1.54, 1.807) is 47.6 Å². The summed E-state index contributed by atoms with van der Waals surface area (Å²) in [6, 6.07) is 14.7. The number of hydrogen-bond acceptors (Lipinski definition) is 7. The van der Waals surface area contributed by atoms with Crippen molar-refractivity contribution in [3.63, 3.8) is 0 Å². The Morgan fingerprint density at radius 2 is 1.80 bits per heavy atom. The average Bonchev–Trinajstić information content (AvgIpc) is 3.35. The van der Waals surface area contributed by atoms with Gasteiger partial charge in [-0.2, -0.15) is 0 Å². The van der Waals surface area contributed by atoms with Gasteiger partial charge < -0.3 is 9.64 Å². The summed E-state index contributed by atoms with van der Waals surface area (Å²) in [7, 11) is 1.65. The Balaban J connectivity index is 1.19. The summed E-state index contributed by atoms with van der Waals surface area (Å²) < 4.78 is 6.55. The van der Waals surface area contributed by atoms with E-state index in [9.17, 15) is 14.4 Å². The number of carbonyl (C=O) groups excluding carboxylic acids is 1. The van der Waals surface area contributed by atoms with Crippen LogP contribution in [0.25, 0.3) is 21.5 Å². The number of H-pyrrole nitrogens is 1. The van der Waals surface area contributed by atoms with E-state index in [-0.39, 0.29) is 12.5 Å². The number of hydrogen-bond donors (Lipinski definition) is 1. The maximum absolute atomic E-state index is 13.0. The highest BCUT2D eigenvalue weighted by molar-refractivity contribution is 7.13. The third-order valence-electron chi connectivity index (χ3n) is 6.20. The Labute approximate surface area is 205 Å². The summed E-state index contributed by atoms with van der Waals surface area (Å²) in [5, 5.41) is 3.43. The number of carbonyl (C=O) groups is 1. The zero-order valence-electron chi connectivity index (χ0n) is 19.3. The van der Waals surface area contributed by atoms with Gasteiger partial charge in [0.05, 0.1) is 23.7 Å². The number of nitrogens with zero attached hydrogens (tertiary/aromatic N) is 4. The molecule has 0 aliphatic carbocycles. The Bertz CT molecular complexity index is 1470. The van der Waals surface area contributed by atoms with Crippen LogP contribution < -0.4 is 16.0 Å². The number of benzene rings is 2. The molecule has 0 spiro atoms. The Morgan fingerprint density at radius 3 is 2.54 bits per heavy atom. The number of ether oxygens (including phenoxy) is 1. The van der Waals surface area contributed by atoms with Crippen LogP contribution >= 0.6 is 11.3 Å². The first-order valence-electron chi connectivity index (χ1n) is 11.3. The van der Waals surface area contributed by atoms with Crippen LogP contribution in [0.15, 0.2) is 63.5 Å². The molecule has 1 saturated heterocycles. The summed E-state index contributed by atoms with van der Waals surface area (Å²) in [6.45, 7) is 3.21. The van der Waals surface area contributed by atoms with Crippen LogP contribution in [-0.4, -0.2) is 63.5 Å². The fourth-order valence-electron chi connectivity index (χ4n) is 4.26. The van der Waals surface area contributed by atoms with Crippen molar-refractivity contribution in [1.82, 2.24) is 24.3 Å². The maximum atomic E-state index is 13.0. The second kappa shape index (κ2) is 9.85. The summed E-state index contributed by atoms with van der Waals surface area (Å²) in [5.74, 6) is 0.677. The first kappa shape index (κ1) is 23.0. The zero-order chi connectivity index (χ0) is 24.4. The minimum absolute atomic E-state index is 0.104. The highest BCUT2D eigenvalue weighted by Crippen LogP contribution is 2.26. The number of piperazine rings is 1. The molecule has 4 aromatic rings. The second-order valence-electron chi connectivity index (χ2n) is 8.39. The first-order chi connectivity index (χ1) is 17.0. The number of methoxy groups -OCH3 is 1. The highest BCUT2D eigenvalue weighted by Gasteiger charge is 2.23. The minimum Gasteiger partial charge on any atom is -0.497 e. The van der Waals surface area contributed by atoms with Gasteiger partial charge in [0, 0.05) is 43.7 Å². The maximum Gasteiger partial charge on any atom is 0.329 e. The summed E-state index contributed by atoms with van der Waals surface area (Å²) in [6.07, 6.45) is 0. The lowest BCUT2D eigenvalue weighted by Gasteiger charge is -2.34. The van der Waals surface area contributed by atoms with Crippen molar-refractivity contribution in [1.29, 1.82) is 0 Å². The van der Waals surface area contributed by atoms with Gasteiger partial charge in [-0.3, -0.25) is 24.0 Å². The van der Waals surface area contributed by atoms with Gasteiger partial charge >= 0.3 is 5.69 Å². The molecule has 1 aliphatic heterocycles. The Hall–Kier alpha value is -3.76. The van der Waals surface area contributed by atoms with Crippen molar-refractivity contribution in [2.75, 3.05) is 33.3 Å². The average molecular weight is 492 g/mol. The van der Waals surface area contributed by atoms with E-state index in [4.69, 9.17) is 9.72 Å². The quantitative estimate of drug-likeness (QED) is 0.444. The van der Waals surface area contributed by atoms with Crippen LogP contribution in [0.1, 0.15) is 5.69 Å². The summed E-state index contributed by atoms with van der Waals surface area (Å²) in [5.41, 5.74) is 1.51. The van der Waals surface area contributed by atoms with E-state index in [1.165, 1.54) is 4.57 Å². The Morgan fingerprint density at radius 1 is 1.06 bits per heavy atom. The van der Waals surface area contributed by atoms with E-state index >= 15 is 0 Å². The van der Waals surface area contributed by atoms with Crippen LogP contribution in [-0.2, 0) is 17.9 Å². The molecule has 1 amide bonds. The molecule has 0 saturated carbocycles. The van der Waals surface area contributed by atoms with Crippen molar-refractivity contribution >= 4 is 28.1 Å². The molecule has 3 heterocycles. The number of amides is 1. The molecule has 5 rings (SSSR count). The fraction of sp³-hybridized carbons (Fsp3) is 0.280. The lowest BCUT2D eigenvalue weighted by molar-refractivity contribution is -0.133. The normalized spacial score (nSPS) is 14.4. The number of aromatic nitrogens is 3. The van der Waals surface area contributed by atoms with E-state index in [1.807, 2.05) is 24.3 Å². The van der Waals surface area contributed by atoms with Gasteiger partial charge in [-0.15, -0.1) is 11.3 Å². The standard InChI is InChI=1S/C25H25N5O4S/c1-34-19-8-6-17(7-9-19)24-26-18(16-35-24)14-28-10-12-29(13-11-28)22(31)15-30-21-5-3-2-4-20(21)23(32)27-25(30)33/h2-9,16H,10-15H2,1H3,(H,27,32,33). The Kier molecular flexibility index (Phi) is 6.47. The molecule has 2 aromatic heterocycles. The second-order valence-corrected chi connectivity index (χ2v) is 9.25. The molecule has 0 unspecified atom stereocenters. The SMILES string of the molecule is COc1ccc(-c2nc(CN3CCN(C(=O)Cn4c(=O)[nH]c(=O)c5ccccc54)CC3)cs2)cc1. The molecule has 35 heavy (non-hydrogen) atoms. The number of para-hydroxylation sites is 1. The van der Waals surface area contributed by atoms with Crippen molar-refractivity contribution < 1.29 is 9.53 Å². The van der Waals surface area contributed by atoms with Gasteiger partial charge in [-0.1, -0.05) is 12.1 Å². The van der Waals surface area contributed by atoms with E-state index < -0.39 is 11.2 Å². The third-order valence-corrected chi connectivity index (χ3v) is 7.14. The van der Waals surface area contributed by atoms with Crippen molar-refractivity contribution in [2.24, 2.45) is 0 Å². The van der Waals surface area contributed by atoms with Crippen LogP contribution in [0.2, 0.25) is 0 Å². The van der Waals surface area contributed by atoms with E-state index in [0.29, 0.717) is 24.0 Å². The topological polar surface area (TPSA) is 101 Å². The number of nitrogens with one attached hydrogen (secondary N) is 1. The predicted molar refractivity (Wildman–Crippen MR) is 135 cm³/mol. The first-order valence-corrected chi connectivity index (χ1v) is 12.2.